The summed E-state index contributed by atoms with van der Waals surface area (Å²) in [6.07, 6.45) is 0.108. The van der Waals surface area contributed by atoms with Crippen LogP contribution in [0.25, 0.3) is 0 Å². The maximum absolute atomic E-state index is 11.4. The number of carbonyl (C=O) groups is 1. The van der Waals surface area contributed by atoms with Crippen LogP contribution in [0.15, 0.2) is 18.2 Å². The molecule has 13 nitrogen and oxygen atoms in total. The molecule has 29 heavy (non-hydrogen) atoms. The molecule has 162 valence electrons. The zero-order valence-electron chi connectivity index (χ0n) is 15.0. The fraction of sp³-hybridized carbons (Fsp3) is 0.562. The third-order valence-electron chi connectivity index (χ3n) is 5.30. The topological polar surface area (TPSA) is 230 Å². The van der Waals surface area contributed by atoms with Crippen molar-refractivity contribution in [2.45, 2.75) is 41.3 Å². The molecular formula is C16H21NO12. The zero-order valence-corrected chi connectivity index (χ0v) is 15.0. The molecule has 0 radical (unpaired) electrons. The van der Waals surface area contributed by atoms with Crippen LogP contribution in [0.5, 0.6) is 11.5 Å². The standard InChI is InChI=1S/C16H21NO12/c1-28-9-3-2-7(8-5-11(18)17-6-8)4-10(9)29-16(27)14(23,24)12(19,20)13(21,22)15(16,25)26/h2-4,8,19-27H,5-6H2,1H3,(H,17,18). The van der Waals surface area contributed by atoms with E-state index in [0.717, 1.165) is 13.2 Å². The number of carbonyl (C=O) groups excluding carboxylic acids is 1. The summed E-state index contributed by atoms with van der Waals surface area (Å²) in [5.74, 6) is -23.4. The Labute approximate surface area is 162 Å². The van der Waals surface area contributed by atoms with Crippen LogP contribution < -0.4 is 14.8 Å². The minimum Gasteiger partial charge on any atom is -0.493 e. The molecule has 0 spiro atoms. The van der Waals surface area contributed by atoms with E-state index < -0.39 is 34.7 Å². The molecule has 1 aromatic carbocycles. The highest BCUT2D eigenvalue weighted by molar-refractivity contribution is 5.79. The molecule has 0 aromatic heterocycles. The van der Waals surface area contributed by atoms with Crippen LogP contribution >= 0.6 is 0 Å². The van der Waals surface area contributed by atoms with Gasteiger partial charge >= 0.3 is 5.79 Å². The summed E-state index contributed by atoms with van der Waals surface area (Å²) in [7, 11) is 1.16. The van der Waals surface area contributed by atoms with Crippen molar-refractivity contribution < 1.29 is 60.2 Å². The first kappa shape index (κ1) is 21.6. The highest BCUT2D eigenvalue weighted by Crippen LogP contribution is 2.55. The highest BCUT2D eigenvalue weighted by atomic mass is 16.8. The van der Waals surface area contributed by atoms with Gasteiger partial charge < -0.3 is 60.7 Å². The van der Waals surface area contributed by atoms with Crippen molar-refractivity contribution in [2.75, 3.05) is 13.7 Å². The lowest BCUT2D eigenvalue weighted by molar-refractivity contribution is -0.452. The number of nitrogens with one attached hydrogen (secondary N) is 1. The van der Waals surface area contributed by atoms with Crippen molar-refractivity contribution in [3.05, 3.63) is 23.8 Å². The van der Waals surface area contributed by atoms with Crippen molar-refractivity contribution in [3.63, 3.8) is 0 Å². The average molecular weight is 419 g/mol. The largest absolute Gasteiger partial charge is 0.493 e. The molecule has 1 amide bonds. The molecule has 1 aliphatic carbocycles. The molecule has 1 saturated carbocycles. The summed E-state index contributed by atoms with van der Waals surface area (Å²) in [5, 5.41) is 91.9. The summed E-state index contributed by atoms with van der Waals surface area (Å²) >= 11 is 0. The summed E-state index contributed by atoms with van der Waals surface area (Å²) < 4.78 is 9.88. The van der Waals surface area contributed by atoms with Crippen LogP contribution in [0, 0.1) is 0 Å². The molecule has 1 heterocycles. The van der Waals surface area contributed by atoms with Crippen molar-refractivity contribution in [2.24, 2.45) is 0 Å². The third kappa shape index (κ3) is 2.58. The fourth-order valence-corrected chi connectivity index (χ4v) is 3.37. The van der Waals surface area contributed by atoms with Crippen LogP contribution in [0.2, 0.25) is 0 Å². The molecule has 1 unspecified atom stereocenters. The van der Waals surface area contributed by atoms with Gasteiger partial charge in [0.15, 0.2) is 11.5 Å². The van der Waals surface area contributed by atoms with Crippen molar-refractivity contribution in [3.8, 4) is 11.5 Å². The van der Waals surface area contributed by atoms with Gasteiger partial charge in [-0.05, 0) is 17.7 Å². The SMILES string of the molecule is COc1ccc(C2CNC(=O)C2)cc1OC1(O)C(O)(O)C(O)(O)C(O)(O)C1(O)O. The van der Waals surface area contributed by atoms with Gasteiger partial charge in [-0.15, -0.1) is 0 Å². The molecule has 0 bridgehead atoms. The number of rotatable bonds is 4. The van der Waals surface area contributed by atoms with E-state index in [9.17, 15) is 50.8 Å². The van der Waals surface area contributed by atoms with Crippen LogP contribution in [0.4, 0.5) is 0 Å². The predicted octanol–water partition coefficient (Wildman–Crippen LogP) is -4.90. The smallest absolute Gasteiger partial charge is 0.329 e. The molecule has 1 aliphatic heterocycles. The second kappa shape index (κ2) is 6.21. The van der Waals surface area contributed by atoms with E-state index in [1.807, 2.05) is 0 Å². The first-order chi connectivity index (χ1) is 13.1. The van der Waals surface area contributed by atoms with Gasteiger partial charge in [0, 0.05) is 18.9 Å². The number of amides is 1. The van der Waals surface area contributed by atoms with E-state index in [0.29, 0.717) is 5.56 Å². The molecule has 2 fully saturated rings. The Morgan fingerprint density at radius 2 is 1.45 bits per heavy atom. The van der Waals surface area contributed by atoms with E-state index in [2.05, 4.69) is 5.32 Å². The first-order valence-corrected chi connectivity index (χ1v) is 8.29. The van der Waals surface area contributed by atoms with Gasteiger partial charge in [0.25, 0.3) is 23.1 Å². The lowest BCUT2D eigenvalue weighted by atomic mass is 9.97. The van der Waals surface area contributed by atoms with Gasteiger partial charge in [-0.25, -0.2) is 0 Å². The lowest BCUT2D eigenvalue weighted by Crippen LogP contribution is -2.70. The normalized spacial score (nSPS) is 28.1. The highest BCUT2D eigenvalue weighted by Gasteiger charge is 2.93. The Kier molecular flexibility index (Phi) is 4.63. The average Bonchev–Trinajstić information content (AvgIpc) is 3.08. The number of hydrogen-bond donors (Lipinski definition) is 10. The van der Waals surface area contributed by atoms with E-state index >= 15 is 0 Å². The summed E-state index contributed by atoms with van der Waals surface area (Å²) in [6, 6.07) is 3.96. The fourth-order valence-electron chi connectivity index (χ4n) is 3.37. The number of aliphatic hydroxyl groups is 9. The number of benzene rings is 1. The van der Waals surface area contributed by atoms with Crippen LogP contribution in [0.1, 0.15) is 17.9 Å². The molecule has 2 aliphatic rings. The van der Waals surface area contributed by atoms with E-state index in [-0.39, 0.29) is 30.5 Å². The minimum absolute atomic E-state index is 0.108. The van der Waals surface area contributed by atoms with Crippen molar-refractivity contribution >= 4 is 5.91 Å². The maximum atomic E-state index is 11.4. The van der Waals surface area contributed by atoms with E-state index in [1.165, 1.54) is 12.1 Å². The van der Waals surface area contributed by atoms with Crippen LogP contribution in [0.3, 0.4) is 0 Å². The van der Waals surface area contributed by atoms with Crippen LogP contribution in [-0.4, -0.2) is 94.5 Å². The van der Waals surface area contributed by atoms with Crippen molar-refractivity contribution in [1.82, 2.24) is 5.32 Å². The zero-order chi connectivity index (χ0) is 22.0. The Morgan fingerprint density at radius 3 is 1.90 bits per heavy atom. The van der Waals surface area contributed by atoms with Crippen LogP contribution in [-0.2, 0) is 4.79 Å². The maximum Gasteiger partial charge on any atom is 0.329 e. The molecule has 1 saturated heterocycles. The lowest BCUT2D eigenvalue weighted by Gasteiger charge is -2.39. The second-order valence-corrected chi connectivity index (χ2v) is 7.05. The number of ether oxygens (including phenoxy) is 2. The van der Waals surface area contributed by atoms with Crippen molar-refractivity contribution in [1.29, 1.82) is 0 Å². The molecular weight excluding hydrogens is 398 g/mol. The van der Waals surface area contributed by atoms with Gasteiger partial charge in [0.2, 0.25) is 5.91 Å². The van der Waals surface area contributed by atoms with Gasteiger partial charge in [-0.1, -0.05) is 6.07 Å². The summed E-state index contributed by atoms with van der Waals surface area (Å²) in [5.41, 5.74) is 0.433. The Hall–Kier alpha value is -2.07. The Bertz CT molecular complexity index is 807. The first-order valence-electron chi connectivity index (χ1n) is 8.29. The number of hydrogen-bond acceptors (Lipinski definition) is 12. The van der Waals surface area contributed by atoms with E-state index in [1.54, 1.807) is 0 Å². The number of methoxy groups -OCH3 is 1. The molecule has 1 aromatic rings. The third-order valence-corrected chi connectivity index (χ3v) is 5.30. The Balaban J connectivity index is 2.09. The predicted molar refractivity (Wildman–Crippen MR) is 87.6 cm³/mol. The van der Waals surface area contributed by atoms with Gasteiger partial charge in [0.1, 0.15) is 0 Å². The monoisotopic (exact) mass is 419 g/mol. The van der Waals surface area contributed by atoms with E-state index in [4.69, 9.17) is 9.47 Å². The summed E-state index contributed by atoms with van der Waals surface area (Å²) in [4.78, 5) is 11.4. The molecule has 1 atom stereocenters. The van der Waals surface area contributed by atoms with Gasteiger partial charge in [-0.2, -0.15) is 0 Å². The minimum atomic E-state index is -4.48. The quantitative estimate of drug-likeness (QED) is 0.207. The second-order valence-electron chi connectivity index (χ2n) is 7.05. The molecule has 3 rings (SSSR count). The van der Waals surface area contributed by atoms with Gasteiger partial charge in [-0.3, -0.25) is 4.79 Å². The summed E-state index contributed by atoms with van der Waals surface area (Å²) in [6.45, 7) is 0.259. The molecule has 10 N–H and O–H groups in total. The Morgan fingerprint density at radius 1 is 0.897 bits per heavy atom. The molecule has 13 heteroatoms. The van der Waals surface area contributed by atoms with Gasteiger partial charge in [0.05, 0.1) is 7.11 Å².